The van der Waals surface area contributed by atoms with Crippen molar-refractivity contribution in [2.45, 2.75) is 64.4 Å². The summed E-state index contributed by atoms with van der Waals surface area (Å²) in [5, 5.41) is 0.0820. The predicted molar refractivity (Wildman–Crippen MR) is 99.1 cm³/mol. The quantitative estimate of drug-likeness (QED) is 0.323. The van der Waals surface area contributed by atoms with Crippen LogP contribution in [0.2, 0.25) is 0 Å². The van der Waals surface area contributed by atoms with Crippen molar-refractivity contribution in [1.82, 2.24) is 0 Å². The van der Waals surface area contributed by atoms with Crippen LogP contribution in [0.3, 0.4) is 0 Å². The van der Waals surface area contributed by atoms with E-state index in [9.17, 15) is 18.0 Å². The van der Waals surface area contributed by atoms with Gasteiger partial charge in [-0.25, -0.2) is 18.0 Å². The molecule has 0 amide bonds. The normalized spacial score (nSPS) is 20.0. The third kappa shape index (κ3) is 4.63. The van der Waals surface area contributed by atoms with Crippen LogP contribution in [0.4, 0.5) is 13.2 Å². The Morgan fingerprint density at radius 1 is 1.04 bits per heavy atom. The molecule has 0 N–H and O–H groups in total. The number of carbonyl (C=O) groups is 1. The van der Waals surface area contributed by atoms with Crippen LogP contribution in [0.15, 0.2) is 24.3 Å². The Balaban J connectivity index is 1.61. The number of benzene rings is 2. The third-order valence-electron chi connectivity index (χ3n) is 5.49. The van der Waals surface area contributed by atoms with Gasteiger partial charge in [-0.1, -0.05) is 38.7 Å². The number of hydrogen-bond donors (Lipinski definition) is 0. The van der Waals surface area contributed by atoms with Crippen molar-refractivity contribution < 1.29 is 22.7 Å². The molecule has 0 spiro atoms. The molecule has 0 bridgehead atoms. The molecule has 5 heteroatoms. The number of rotatable bonds is 6. The van der Waals surface area contributed by atoms with Gasteiger partial charge in [-0.3, -0.25) is 0 Å². The Morgan fingerprint density at radius 3 is 2.48 bits per heavy atom. The predicted octanol–water partition coefficient (Wildman–Crippen LogP) is 6.55. The second kappa shape index (κ2) is 8.77. The first-order valence-electron chi connectivity index (χ1n) is 9.77. The number of hydrogen-bond acceptors (Lipinski definition) is 2. The van der Waals surface area contributed by atoms with Gasteiger partial charge in [0.1, 0.15) is 6.10 Å². The van der Waals surface area contributed by atoms with Crippen LogP contribution >= 0.6 is 0 Å². The first kappa shape index (κ1) is 19.7. The molecule has 0 aromatic heterocycles. The average molecular weight is 378 g/mol. The van der Waals surface area contributed by atoms with E-state index in [-0.39, 0.29) is 22.4 Å². The zero-order chi connectivity index (χ0) is 19.4. The monoisotopic (exact) mass is 378 g/mol. The molecule has 0 aliphatic heterocycles. The van der Waals surface area contributed by atoms with Gasteiger partial charge in [0.15, 0.2) is 17.5 Å². The van der Waals surface area contributed by atoms with Crippen molar-refractivity contribution in [3.8, 4) is 0 Å². The molecule has 1 aliphatic rings. The SMILES string of the molecule is CCCCCC1CCC(OC(=O)c2ccc3c(F)c(F)c(F)cc3c2)CC1. The van der Waals surface area contributed by atoms with Gasteiger partial charge in [-0.2, -0.15) is 0 Å². The first-order valence-corrected chi connectivity index (χ1v) is 9.77. The molecule has 0 atom stereocenters. The fourth-order valence-electron chi connectivity index (χ4n) is 3.87. The van der Waals surface area contributed by atoms with Crippen LogP contribution in [-0.4, -0.2) is 12.1 Å². The summed E-state index contributed by atoms with van der Waals surface area (Å²) in [6.45, 7) is 2.20. The van der Waals surface area contributed by atoms with E-state index in [4.69, 9.17) is 4.74 Å². The van der Waals surface area contributed by atoms with E-state index in [2.05, 4.69) is 6.92 Å². The lowest BCUT2D eigenvalue weighted by molar-refractivity contribution is 0.0161. The van der Waals surface area contributed by atoms with Crippen LogP contribution in [-0.2, 0) is 4.74 Å². The highest BCUT2D eigenvalue weighted by Crippen LogP contribution is 2.31. The van der Waals surface area contributed by atoms with E-state index in [1.54, 1.807) is 0 Å². The summed E-state index contributed by atoms with van der Waals surface area (Å²) < 4.78 is 46.1. The van der Waals surface area contributed by atoms with Crippen LogP contribution in [0.25, 0.3) is 10.8 Å². The zero-order valence-electron chi connectivity index (χ0n) is 15.6. The van der Waals surface area contributed by atoms with Gasteiger partial charge in [0.25, 0.3) is 0 Å². The Morgan fingerprint density at radius 2 is 1.78 bits per heavy atom. The van der Waals surface area contributed by atoms with Crippen molar-refractivity contribution >= 4 is 16.7 Å². The summed E-state index contributed by atoms with van der Waals surface area (Å²) in [7, 11) is 0. The Hall–Kier alpha value is -2.04. The van der Waals surface area contributed by atoms with Crippen LogP contribution < -0.4 is 0 Å². The van der Waals surface area contributed by atoms with Gasteiger partial charge in [-0.15, -0.1) is 0 Å². The lowest BCUT2D eigenvalue weighted by Gasteiger charge is -2.28. The topological polar surface area (TPSA) is 26.3 Å². The maximum absolute atomic E-state index is 13.8. The van der Waals surface area contributed by atoms with Gasteiger partial charge in [0.05, 0.1) is 5.56 Å². The highest BCUT2D eigenvalue weighted by molar-refractivity contribution is 5.95. The van der Waals surface area contributed by atoms with Crippen LogP contribution in [0, 0.1) is 23.4 Å². The van der Waals surface area contributed by atoms with E-state index in [0.717, 1.165) is 31.7 Å². The lowest BCUT2D eigenvalue weighted by atomic mass is 9.84. The minimum absolute atomic E-state index is 0.0574. The fourth-order valence-corrected chi connectivity index (χ4v) is 3.87. The number of carbonyl (C=O) groups excluding carboxylic acids is 1. The Bertz CT molecular complexity index is 811. The highest BCUT2D eigenvalue weighted by Gasteiger charge is 2.24. The van der Waals surface area contributed by atoms with Crippen molar-refractivity contribution in [1.29, 1.82) is 0 Å². The molecule has 0 radical (unpaired) electrons. The summed E-state index contributed by atoms with van der Waals surface area (Å²) >= 11 is 0. The standard InChI is InChI=1S/C22H25F3O2/c1-2-3-4-5-14-6-9-17(10-7-14)27-22(26)15-8-11-18-16(12-15)13-19(23)21(25)20(18)24/h8,11-14,17H,2-7,9-10H2,1H3. The molecule has 0 unspecified atom stereocenters. The maximum atomic E-state index is 13.8. The average Bonchev–Trinajstić information content (AvgIpc) is 2.67. The molecule has 27 heavy (non-hydrogen) atoms. The van der Waals surface area contributed by atoms with Gasteiger partial charge in [0.2, 0.25) is 0 Å². The molecule has 146 valence electrons. The van der Waals surface area contributed by atoms with Crippen molar-refractivity contribution in [3.63, 3.8) is 0 Å². The molecular weight excluding hydrogens is 353 g/mol. The second-order valence-corrected chi connectivity index (χ2v) is 7.47. The molecule has 0 saturated heterocycles. The molecule has 3 rings (SSSR count). The van der Waals surface area contributed by atoms with Crippen molar-refractivity contribution in [2.75, 3.05) is 0 Å². The second-order valence-electron chi connectivity index (χ2n) is 7.47. The Kier molecular flexibility index (Phi) is 6.40. The van der Waals surface area contributed by atoms with Gasteiger partial charge in [-0.05, 0) is 55.2 Å². The molecule has 2 aromatic carbocycles. The van der Waals surface area contributed by atoms with E-state index in [1.165, 1.54) is 43.9 Å². The Labute approximate surface area is 157 Å². The molecule has 2 aromatic rings. The van der Waals surface area contributed by atoms with E-state index in [1.807, 2.05) is 0 Å². The van der Waals surface area contributed by atoms with E-state index >= 15 is 0 Å². The third-order valence-corrected chi connectivity index (χ3v) is 5.49. The van der Waals surface area contributed by atoms with E-state index in [0.29, 0.717) is 5.92 Å². The van der Waals surface area contributed by atoms with Crippen molar-refractivity contribution in [3.05, 3.63) is 47.3 Å². The summed E-state index contributed by atoms with van der Waals surface area (Å²) in [6, 6.07) is 4.92. The molecule has 1 saturated carbocycles. The van der Waals surface area contributed by atoms with E-state index < -0.39 is 23.4 Å². The number of halogens is 3. The number of esters is 1. The highest BCUT2D eigenvalue weighted by atomic mass is 19.2. The molecule has 2 nitrogen and oxygen atoms in total. The van der Waals surface area contributed by atoms with Gasteiger partial charge < -0.3 is 4.74 Å². The van der Waals surface area contributed by atoms with Crippen LogP contribution in [0.1, 0.15) is 68.6 Å². The van der Waals surface area contributed by atoms with Gasteiger partial charge >= 0.3 is 5.97 Å². The van der Waals surface area contributed by atoms with Crippen LogP contribution in [0.5, 0.6) is 0 Å². The molecule has 1 aliphatic carbocycles. The molecule has 0 heterocycles. The maximum Gasteiger partial charge on any atom is 0.338 e. The smallest absolute Gasteiger partial charge is 0.338 e. The minimum atomic E-state index is -1.51. The molecular formula is C22H25F3O2. The minimum Gasteiger partial charge on any atom is -0.459 e. The number of unbranched alkanes of at least 4 members (excludes halogenated alkanes) is 2. The fraction of sp³-hybridized carbons (Fsp3) is 0.500. The van der Waals surface area contributed by atoms with Crippen molar-refractivity contribution in [2.24, 2.45) is 5.92 Å². The first-order chi connectivity index (χ1) is 13.0. The largest absolute Gasteiger partial charge is 0.459 e. The van der Waals surface area contributed by atoms with Gasteiger partial charge in [0, 0.05) is 5.39 Å². The number of ether oxygens (including phenoxy) is 1. The lowest BCUT2D eigenvalue weighted by Crippen LogP contribution is -2.24. The summed E-state index contributed by atoms with van der Waals surface area (Å²) in [5.41, 5.74) is 0.220. The summed E-state index contributed by atoms with van der Waals surface area (Å²) in [5.74, 6) is -3.81. The summed E-state index contributed by atoms with van der Waals surface area (Å²) in [6.07, 6.45) is 8.71. The summed E-state index contributed by atoms with van der Waals surface area (Å²) in [4.78, 5) is 12.4. The number of fused-ring (bicyclic) bond motifs is 1. The molecule has 1 fully saturated rings. The zero-order valence-corrected chi connectivity index (χ0v) is 15.6.